The Labute approximate surface area is 96.6 Å². The lowest BCUT2D eigenvalue weighted by atomic mass is 9.99. The van der Waals surface area contributed by atoms with Crippen molar-refractivity contribution in [1.29, 1.82) is 0 Å². The van der Waals surface area contributed by atoms with Gasteiger partial charge in [-0.25, -0.2) is 8.78 Å². The molecule has 17 heavy (non-hydrogen) atoms. The molecule has 0 aliphatic carbocycles. The number of hydrogen-bond acceptors (Lipinski definition) is 3. The smallest absolute Gasteiger partial charge is 0.257 e. The van der Waals surface area contributed by atoms with Gasteiger partial charge in [-0.05, 0) is 12.1 Å². The van der Waals surface area contributed by atoms with Gasteiger partial charge in [-0.3, -0.25) is 4.79 Å². The predicted octanol–water partition coefficient (Wildman–Crippen LogP) is 0.611. The molecule has 1 aromatic carbocycles. The molecular weight excluding hydrogens is 230 g/mol. The van der Waals surface area contributed by atoms with Gasteiger partial charge in [-0.1, -0.05) is 0 Å². The van der Waals surface area contributed by atoms with E-state index in [9.17, 15) is 13.6 Å². The molecule has 92 valence electrons. The SMILES string of the molecule is Nc1cc(F)cc(C(=O)N2CC(CO)C2)c1F. The van der Waals surface area contributed by atoms with Crippen molar-refractivity contribution < 1.29 is 18.7 Å². The molecule has 1 heterocycles. The number of aliphatic hydroxyl groups is 1. The summed E-state index contributed by atoms with van der Waals surface area (Å²) in [6.07, 6.45) is 0. The van der Waals surface area contributed by atoms with Gasteiger partial charge in [0, 0.05) is 25.6 Å². The highest BCUT2D eigenvalue weighted by atomic mass is 19.1. The number of benzene rings is 1. The quantitative estimate of drug-likeness (QED) is 0.747. The summed E-state index contributed by atoms with van der Waals surface area (Å²) < 4.78 is 26.6. The monoisotopic (exact) mass is 242 g/mol. The molecule has 0 atom stereocenters. The van der Waals surface area contributed by atoms with Crippen molar-refractivity contribution in [3.63, 3.8) is 0 Å². The largest absolute Gasteiger partial charge is 0.396 e. The highest BCUT2D eigenvalue weighted by Gasteiger charge is 2.32. The number of aliphatic hydroxyl groups excluding tert-OH is 1. The van der Waals surface area contributed by atoms with E-state index in [2.05, 4.69) is 0 Å². The van der Waals surface area contributed by atoms with Crippen molar-refractivity contribution in [2.45, 2.75) is 0 Å². The van der Waals surface area contributed by atoms with Crippen LogP contribution < -0.4 is 5.73 Å². The number of hydrogen-bond donors (Lipinski definition) is 2. The standard InChI is InChI=1S/C11H12F2N2O2/c12-7-1-8(10(13)9(14)2-7)11(17)15-3-6(4-15)5-16/h1-2,6,16H,3-5,14H2. The summed E-state index contributed by atoms with van der Waals surface area (Å²) in [4.78, 5) is 13.1. The average molecular weight is 242 g/mol. The van der Waals surface area contributed by atoms with E-state index in [1.165, 1.54) is 4.90 Å². The Kier molecular flexibility index (Phi) is 2.97. The lowest BCUT2D eigenvalue weighted by Gasteiger charge is -2.38. The molecule has 1 aromatic rings. The van der Waals surface area contributed by atoms with Crippen LogP contribution >= 0.6 is 0 Å². The molecule has 0 bridgehead atoms. The molecule has 2 rings (SSSR count). The number of rotatable bonds is 2. The third kappa shape index (κ3) is 2.08. The lowest BCUT2D eigenvalue weighted by Crippen LogP contribution is -2.51. The van der Waals surface area contributed by atoms with Crippen LogP contribution in [0, 0.1) is 17.6 Å². The van der Waals surface area contributed by atoms with E-state index in [-0.39, 0.29) is 23.8 Å². The van der Waals surface area contributed by atoms with Gasteiger partial charge in [-0.15, -0.1) is 0 Å². The number of halogens is 2. The molecule has 4 nitrogen and oxygen atoms in total. The van der Waals surface area contributed by atoms with E-state index < -0.39 is 17.5 Å². The summed E-state index contributed by atoms with van der Waals surface area (Å²) in [5.41, 5.74) is 4.50. The number of nitrogens with two attached hydrogens (primary N) is 1. The number of nitrogens with zero attached hydrogens (tertiary/aromatic N) is 1. The van der Waals surface area contributed by atoms with Gasteiger partial charge < -0.3 is 15.7 Å². The molecule has 1 amide bonds. The minimum atomic E-state index is -0.899. The van der Waals surface area contributed by atoms with Crippen LogP contribution in [0.2, 0.25) is 0 Å². The Morgan fingerprint density at radius 1 is 1.47 bits per heavy atom. The van der Waals surface area contributed by atoms with E-state index in [1.807, 2.05) is 0 Å². The Morgan fingerprint density at radius 3 is 2.71 bits per heavy atom. The minimum absolute atomic E-state index is 0.0163. The molecular formula is C11H12F2N2O2. The van der Waals surface area contributed by atoms with Gasteiger partial charge in [0.05, 0.1) is 11.3 Å². The normalized spacial score (nSPS) is 15.8. The molecule has 0 unspecified atom stereocenters. The fourth-order valence-corrected chi connectivity index (χ4v) is 1.79. The van der Waals surface area contributed by atoms with Crippen LogP contribution in [-0.2, 0) is 0 Å². The van der Waals surface area contributed by atoms with Crippen molar-refractivity contribution in [2.24, 2.45) is 5.92 Å². The Hall–Kier alpha value is -1.69. The Morgan fingerprint density at radius 2 is 2.12 bits per heavy atom. The zero-order valence-corrected chi connectivity index (χ0v) is 8.99. The van der Waals surface area contributed by atoms with Crippen LogP contribution in [0.15, 0.2) is 12.1 Å². The Balaban J connectivity index is 2.20. The number of anilines is 1. The van der Waals surface area contributed by atoms with Crippen LogP contribution in [-0.4, -0.2) is 35.6 Å². The number of nitrogen functional groups attached to an aromatic ring is 1. The van der Waals surface area contributed by atoms with Crippen molar-refractivity contribution in [2.75, 3.05) is 25.4 Å². The lowest BCUT2D eigenvalue weighted by molar-refractivity contribution is 0.0357. The average Bonchev–Trinajstić information content (AvgIpc) is 2.21. The number of carbonyl (C=O) groups is 1. The van der Waals surface area contributed by atoms with E-state index >= 15 is 0 Å². The van der Waals surface area contributed by atoms with Crippen LogP contribution in [0.4, 0.5) is 14.5 Å². The summed E-state index contributed by atoms with van der Waals surface area (Å²) >= 11 is 0. The molecule has 1 saturated heterocycles. The highest BCUT2D eigenvalue weighted by molar-refractivity contribution is 5.96. The van der Waals surface area contributed by atoms with E-state index in [1.54, 1.807) is 0 Å². The van der Waals surface area contributed by atoms with Gasteiger partial charge in [0.15, 0.2) is 5.82 Å². The molecule has 0 saturated carbocycles. The fourth-order valence-electron chi connectivity index (χ4n) is 1.79. The van der Waals surface area contributed by atoms with Crippen molar-refractivity contribution in [3.8, 4) is 0 Å². The van der Waals surface area contributed by atoms with Crippen LogP contribution in [0.1, 0.15) is 10.4 Å². The second-order valence-electron chi connectivity index (χ2n) is 4.12. The summed E-state index contributed by atoms with van der Waals surface area (Å²) in [7, 11) is 0. The summed E-state index contributed by atoms with van der Waals surface area (Å²) in [6, 6.07) is 1.67. The first-order valence-electron chi connectivity index (χ1n) is 5.17. The minimum Gasteiger partial charge on any atom is -0.396 e. The van der Waals surface area contributed by atoms with Gasteiger partial charge in [0.2, 0.25) is 0 Å². The van der Waals surface area contributed by atoms with E-state index in [0.29, 0.717) is 13.1 Å². The summed E-state index contributed by atoms with van der Waals surface area (Å²) in [6.45, 7) is 0.688. The zero-order chi connectivity index (χ0) is 12.6. The number of amides is 1. The molecule has 1 aliphatic heterocycles. The third-order valence-electron chi connectivity index (χ3n) is 2.80. The first kappa shape index (κ1) is 11.8. The van der Waals surface area contributed by atoms with Crippen molar-refractivity contribution >= 4 is 11.6 Å². The van der Waals surface area contributed by atoms with Crippen LogP contribution in [0.25, 0.3) is 0 Å². The molecule has 0 aromatic heterocycles. The fraction of sp³-hybridized carbons (Fsp3) is 0.364. The van der Waals surface area contributed by atoms with Crippen LogP contribution in [0.5, 0.6) is 0 Å². The summed E-state index contributed by atoms with van der Waals surface area (Å²) in [5.74, 6) is -2.22. The predicted molar refractivity (Wildman–Crippen MR) is 57.2 cm³/mol. The first-order valence-corrected chi connectivity index (χ1v) is 5.17. The number of likely N-dealkylation sites (tertiary alicyclic amines) is 1. The van der Waals surface area contributed by atoms with Gasteiger partial charge >= 0.3 is 0 Å². The summed E-state index contributed by atoms with van der Waals surface area (Å²) in [5, 5.41) is 8.81. The maximum atomic E-state index is 13.5. The maximum Gasteiger partial charge on any atom is 0.257 e. The third-order valence-corrected chi connectivity index (χ3v) is 2.80. The number of carbonyl (C=O) groups excluding carboxylic acids is 1. The molecule has 0 spiro atoms. The second-order valence-corrected chi connectivity index (χ2v) is 4.12. The van der Waals surface area contributed by atoms with Gasteiger partial charge in [0.1, 0.15) is 5.82 Å². The zero-order valence-electron chi connectivity index (χ0n) is 8.99. The van der Waals surface area contributed by atoms with E-state index in [0.717, 1.165) is 12.1 Å². The molecule has 1 aliphatic rings. The molecule has 0 radical (unpaired) electrons. The molecule has 3 N–H and O–H groups in total. The van der Waals surface area contributed by atoms with Gasteiger partial charge in [0.25, 0.3) is 5.91 Å². The van der Waals surface area contributed by atoms with Crippen molar-refractivity contribution in [1.82, 2.24) is 4.90 Å². The molecule has 6 heteroatoms. The highest BCUT2D eigenvalue weighted by Crippen LogP contribution is 2.23. The second kappa shape index (κ2) is 4.29. The van der Waals surface area contributed by atoms with Crippen LogP contribution in [0.3, 0.4) is 0 Å². The first-order chi connectivity index (χ1) is 8.02. The maximum absolute atomic E-state index is 13.5. The van der Waals surface area contributed by atoms with Crippen molar-refractivity contribution in [3.05, 3.63) is 29.3 Å². The van der Waals surface area contributed by atoms with Gasteiger partial charge in [-0.2, -0.15) is 0 Å². The Bertz CT molecular complexity index is 459. The molecule has 1 fully saturated rings. The topological polar surface area (TPSA) is 66.6 Å². The van der Waals surface area contributed by atoms with E-state index in [4.69, 9.17) is 10.8 Å².